The molecule has 0 saturated heterocycles. The SMILES string of the molecule is C[C@H](NC(=O)c1ccccc1)C(=O)OCC(=O)Nc1cc(F)ccc1F. The van der Waals surface area contributed by atoms with E-state index in [9.17, 15) is 23.2 Å². The molecule has 0 spiro atoms. The van der Waals surface area contributed by atoms with E-state index in [1.165, 1.54) is 6.92 Å². The summed E-state index contributed by atoms with van der Waals surface area (Å²) in [6.07, 6.45) is 0. The van der Waals surface area contributed by atoms with Crippen molar-refractivity contribution in [2.24, 2.45) is 0 Å². The first-order valence-corrected chi connectivity index (χ1v) is 7.64. The monoisotopic (exact) mass is 362 g/mol. The summed E-state index contributed by atoms with van der Waals surface area (Å²) in [5.41, 5.74) is 0.00273. The van der Waals surface area contributed by atoms with Gasteiger partial charge in [-0.2, -0.15) is 0 Å². The molecule has 2 aromatic carbocycles. The second-order valence-electron chi connectivity index (χ2n) is 5.34. The normalized spacial score (nSPS) is 11.3. The first-order valence-electron chi connectivity index (χ1n) is 7.64. The molecule has 0 aliphatic rings. The third kappa shape index (κ3) is 5.37. The largest absolute Gasteiger partial charge is 0.454 e. The van der Waals surface area contributed by atoms with Gasteiger partial charge in [0.25, 0.3) is 11.8 Å². The molecular weight excluding hydrogens is 346 g/mol. The molecule has 0 aliphatic heterocycles. The van der Waals surface area contributed by atoms with Crippen LogP contribution in [-0.4, -0.2) is 30.4 Å². The smallest absolute Gasteiger partial charge is 0.328 e. The molecule has 0 saturated carbocycles. The first kappa shape index (κ1) is 19.0. The van der Waals surface area contributed by atoms with Gasteiger partial charge >= 0.3 is 5.97 Å². The van der Waals surface area contributed by atoms with E-state index in [1.54, 1.807) is 30.3 Å². The van der Waals surface area contributed by atoms with Crippen molar-refractivity contribution < 1.29 is 27.9 Å². The zero-order chi connectivity index (χ0) is 19.1. The lowest BCUT2D eigenvalue weighted by molar-refractivity contribution is -0.148. The van der Waals surface area contributed by atoms with Crippen LogP contribution in [0.2, 0.25) is 0 Å². The van der Waals surface area contributed by atoms with Gasteiger partial charge in [-0.05, 0) is 31.2 Å². The standard InChI is InChI=1S/C18H16F2N2O4/c1-11(21-17(24)12-5-3-2-4-6-12)18(25)26-10-16(23)22-15-9-13(19)7-8-14(15)20/h2-9,11H,10H2,1H3,(H,21,24)(H,22,23)/t11-/m0/s1. The number of esters is 1. The predicted octanol–water partition coefficient (Wildman–Crippen LogP) is 2.27. The molecule has 0 aromatic heterocycles. The van der Waals surface area contributed by atoms with Gasteiger partial charge in [-0.1, -0.05) is 18.2 Å². The molecule has 0 radical (unpaired) electrons. The number of rotatable bonds is 6. The Morgan fingerprint density at radius 2 is 1.77 bits per heavy atom. The Balaban J connectivity index is 1.82. The highest BCUT2D eigenvalue weighted by molar-refractivity contribution is 5.97. The second-order valence-corrected chi connectivity index (χ2v) is 5.34. The summed E-state index contributed by atoms with van der Waals surface area (Å²) in [4.78, 5) is 35.5. The number of ether oxygens (including phenoxy) is 1. The van der Waals surface area contributed by atoms with Gasteiger partial charge in [-0.15, -0.1) is 0 Å². The molecule has 0 aliphatic carbocycles. The van der Waals surface area contributed by atoms with Crippen LogP contribution in [0.3, 0.4) is 0 Å². The maximum atomic E-state index is 13.4. The molecule has 0 bridgehead atoms. The number of nitrogens with one attached hydrogen (secondary N) is 2. The van der Waals surface area contributed by atoms with Crippen LogP contribution >= 0.6 is 0 Å². The van der Waals surface area contributed by atoms with Gasteiger partial charge in [-0.3, -0.25) is 9.59 Å². The van der Waals surface area contributed by atoms with Crippen LogP contribution in [-0.2, 0) is 14.3 Å². The van der Waals surface area contributed by atoms with E-state index >= 15 is 0 Å². The molecule has 1 atom stereocenters. The van der Waals surface area contributed by atoms with Crippen LogP contribution in [0, 0.1) is 11.6 Å². The van der Waals surface area contributed by atoms with Crippen LogP contribution in [0.25, 0.3) is 0 Å². The molecule has 0 heterocycles. The summed E-state index contributed by atoms with van der Waals surface area (Å²) in [7, 11) is 0. The molecule has 136 valence electrons. The molecule has 0 fully saturated rings. The van der Waals surface area contributed by atoms with E-state index in [-0.39, 0.29) is 5.69 Å². The molecule has 0 unspecified atom stereocenters. The summed E-state index contributed by atoms with van der Waals surface area (Å²) in [6, 6.07) is 9.82. The minimum absolute atomic E-state index is 0.364. The predicted molar refractivity (Wildman–Crippen MR) is 89.3 cm³/mol. The van der Waals surface area contributed by atoms with Crippen molar-refractivity contribution in [2.45, 2.75) is 13.0 Å². The van der Waals surface area contributed by atoms with Crippen molar-refractivity contribution in [1.82, 2.24) is 5.32 Å². The number of hydrogen-bond donors (Lipinski definition) is 2. The van der Waals surface area contributed by atoms with Gasteiger partial charge < -0.3 is 15.4 Å². The Kier molecular flexibility index (Phi) is 6.37. The highest BCUT2D eigenvalue weighted by Crippen LogP contribution is 2.15. The van der Waals surface area contributed by atoms with Gasteiger partial charge in [0, 0.05) is 11.6 Å². The Labute approximate surface area is 148 Å². The zero-order valence-corrected chi connectivity index (χ0v) is 13.8. The Morgan fingerprint density at radius 3 is 2.46 bits per heavy atom. The molecule has 2 aromatic rings. The summed E-state index contributed by atoms with van der Waals surface area (Å²) >= 11 is 0. The molecule has 8 heteroatoms. The highest BCUT2D eigenvalue weighted by Gasteiger charge is 2.19. The maximum absolute atomic E-state index is 13.4. The van der Waals surface area contributed by atoms with Crippen LogP contribution < -0.4 is 10.6 Å². The van der Waals surface area contributed by atoms with E-state index in [4.69, 9.17) is 4.74 Å². The van der Waals surface area contributed by atoms with Gasteiger partial charge in [0.15, 0.2) is 6.61 Å². The quantitative estimate of drug-likeness (QED) is 0.772. The lowest BCUT2D eigenvalue weighted by atomic mass is 10.2. The fourth-order valence-electron chi connectivity index (χ4n) is 1.97. The number of carbonyl (C=O) groups is 3. The van der Waals surface area contributed by atoms with Gasteiger partial charge in [0.1, 0.15) is 17.7 Å². The van der Waals surface area contributed by atoms with Crippen molar-refractivity contribution in [3.05, 3.63) is 65.7 Å². The number of carbonyl (C=O) groups excluding carboxylic acids is 3. The van der Waals surface area contributed by atoms with Crippen molar-refractivity contribution in [3.8, 4) is 0 Å². The summed E-state index contributed by atoms with van der Waals surface area (Å²) < 4.78 is 31.2. The molecular formula is C18H16F2N2O4. The van der Waals surface area contributed by atoms with Crippen molar-refractivity contribution >= 4 is 23.5 Å². The van der Waals surface area contributed by atoms with Crippen molar-refractivity contribution in [3.63, 3.8) is 0 Å². The topological polar surface area (TPSA) is 84.5 Å². The van der Waals surface area contributed by atoms with Crippen LogP contribution in [0.15, 0.2) is 48.5 Å². The fraction of sp³-hybridized carbons (Fsp3) is 0.167. The number of halogens is 2. The number of anilines is 1. The number of hydrogen-bond acceptors (Lipinski definition) is 4. The van der Waals surface area contributed by atoms with Crippen LogP contribution in [0.5, 0.6) is 0 Å². The van der Waals surface area contributed by atoms with E-state index in [2.05, 4.69) is 10.6 Å². The molecule has 6 nitrogen and oxygen atoms in total. The average molecular weight is 362 g/mol. The van der Waals surface area contributed by atoms with E-state index in [0.717, 1.165) is 18.2 Å². The number of amides is 2. The Bertz CT molecular complexity index is 812. The zero-order valence-electron chi connectivity index (χ0n) is 13.8. The summed E-state index contributed by atoms with van der Waals surface area (Å²) in [5, 5.41) is 4.52. The summed E-state index contributed by atoms with van der Waals surface area (Å²) in [6.45, 7) is 0.688. The minimum Gasteiger partial charge on any atom is -0.454 e. The molecule has 2 amide bonds. The van der Waals surface area contributed by atoms with E-state index < -0.39 is 42.1 Å². The maximum Gasteiger partial charge on any atom is 0.328 e. The summed E-state index contributed by atoms with van der Waals surface area (Å²) in [5.74, 6) is -3.71. The molecule has 26 heavy (non-hydrogen) atoms. The lowest BCUT2D eigenvalue weighted by Crippen LogP contribution is -2.40. The van der Waals surface area contributed by atoms with E-state index in [1.807, 2.05) is 0 Å². The third-order valence-corrected chi connectivity index (χ3v) is 3.29. The Hall–Kier alpha value is -3.29. The van der Waals surface area contributed by atoms with Gasteiger partial charge in [0.05, 0.1) is 5.69 Å². The lowest BCUT2D eigenvalue weighted by Gasteiger charge is -2.13. The third-order valence-electron chi connectivity index (χ3n) is 3.29. The van der Waals surface area contributed by atoms with Gasteiger partial charge in [0.2, 0.25) is 0 Å². The second kappa shape index (κ2) is 8.70. The Morgan fingerprint density at radius 1 is 1.08 bits per heavy atom. The van der Waals surface area contributed by atoms with Crippen LogP contribution in [0.1, 0.15) is 17.3 Å². The molecule has 2 rings (SSSR count). The fourth-order valence-corrected chi connectivity index (χ4v) is 1.97. The van der Waals surface area contributed by atoms with E-state index in [0.29, 0.717) is 5.56 Å². The van der Waals surface area contributed by atoms with Crippen molar-refractivity contribution in [2.75, 3.05) is 11.9 Å². The number of benzene rings is 2. The van der Waals surface area contributed by atoms with Crippen LogP contribution in [0.4, 0.5) is 14.5 Å². The minimum atomic E-state index is -0.999. The van der Waals surface area contributed by atoms with Gasteiger partial charge in [-0.25, -0.2) is 13.6 Å². The first-order chi connectivity index (χ1) is 12.4. The highest BCUT2D eigenvalue weighted by atomic mass is 19.1. The van der Waals surface area contributed by atoms with Crippen molar-refractivity contribution in [1.29, 1.82) is 0 Å². The molecule has 2 N–H and O–H groups in total. The average Bonchev–Trinajstić information content (AvgIpc) is 2.63.